The standard InChI is InChI=1S/C18H34O2.C8H14O4.C5H12O4/c1-2-3-4-5-6-7-8-9-10-11-12-13-14-15-16-17-18(19)20;9-7(10)5-3-1-2-4-6-8(11)12;6-1-5(2-7,3-8)4-9/h9-10H,2-8,11-17H2,1H3,(H,19,20);1-6H2,(H,9,10)(H,11,12);6-9H,1-4H2/b10-9-;;. The van der Waals surface area contributed by atoms with Crippen LogP contribution in [-0.2, 0) is 14.4 Å². The van der Waals surface area contributed by atoms with Crippen LogP contribution in [0.15, 0.2) is 12.2 Å². The van der Waals surface area contributed by atoms with Crippen LogP contribution >= 0.6 is 0 Å². The van der Waals surface area contributed by atoms with E-state index in [1.165, 1.54) is 70.6 Å². The molecule has 0 saturated carbocycles. The molecule has 0 aliphatic carbocycles. The van der Waals surface area contributed by atoms with Crippen molar-refractivity contribution in [1.29, 1.82) is 0 Å². The number of carboxylic acids is 3. The Hall–Kier alpha value is -2.01. The minimum absolute atomic E-state index is 0.188. The predicted octanol–water partition coefficient (Wildman–Crippen LogP) is 5.55. The molecule has 0 amide bonds. The lowest BCUT2D eigenvalue weighted by molar-refractivity contribution is -0.138. The normalized spacial score (nSPS) is 11.0. The topological polar surface area (TPSA) is 193 Å². The van der Waals surface area contributed by atoms with Gasteiger partial charge in [-0.15, -0.1) is 0 Å². The molecule has 0 aromatic carbocycles. The number of hydrogen-bond donors (Lipinski definition) is 7. The highest BCUT2D eigenvalue weighted by atomic mass is 16.4. The molecule has 0 heterocycles. The Morgan fingerprint density at radius 3 is 0.976 bits per heavy atom. The van der Waals surface area contributed by atoms with E-state index in [1.807, 2.05) is 0 Å². The van der Waals surface area contributed by atoms with Crippen molar-refractivity contribution < 1.29 is 50.1 Å². The fourth-order valence-electron chi connectivity index (χ4n) is 3.55. The Morgan fingerprint density at radius 2 is 0.732 bits per heavy atom. The second-order valence-electron chi connectivity index (χ2n) is 10.6. The van der Waals surface area contributed by atoms with Gasteiger partial charge in [0.25, 0.3) is 0 Å². The molecule has 0 aromatic heterocycles. The number of aliphatic carboxylic acids is 3. The van der Waals surface area contributed by atoms with Crippen molar-refractivity contribution in [1.82, 2.24) is 0 Å². The Balaban J connectivity index is -0.000000583. The summed E-state index contributed by atoms with van der Waals surface area (Å²) in [5, 5.41) is 59.0. The number of hydrogen-bond acceptors (Lipinski definition) is 7. The van der Waals surface area contributed by atoms with Crippen LogP contribution in [0, 0.1) is 5.41 Å². The van der Waals surface area contributed by atoms with Gasteiger partial charge in [0.15, 0.2) is 0 Å². The third kappa shape index (κ3) is 38.0. The first-order valence-electron chi connectivity index (χ1n) is 15.4. The third-order valence-corrected chi connectivity index (χ3v) is 6.53. The second kappa shape index (κ2) is 34.2. The quantitative estimate of drug-likeness (QED) is 0.0495. The number of unbranched alkanes of at least 4 members (excludes halogenated alkanes) is 14. The van der Waals surface area contributed by atoms with Gasteiger partial charge in [-0.1, -0.05) is 83.3 Å². The number of aliphatic hydroxyl groups is 4. The van der Waals surface area contributed by atoms with E-state index in [-0.39, 0.29) is 12.8 Å². The van der Waals surface area contributed by atoms with Crippen LogP contribution in [0.3, 0.4) is 0 Å². The van der Waals surface area contributed by atoms with E-state index in [4.69, 9.17) is 35.7 Å². The largest absolute Gasteiger partial charge is 0.481 e. The number of carboxylic acid groups (broad SMARTS) is 3. The van der Waals surface area contributed by atoms with Crippen molar-refractivity contribution >= 4 is 17.9 Å². The highest BCUT2D eigenvalue weighted by Crippen LogP contribution is 2.12. The maximum absolute atomic E-state index is 10.3. The van der Waals surface area contributed by atoms with Crippen molar-refractivity contribution in [2.24, 2.45) is 5.41 Å². The summed E-state index contributed by atoms with van der Waals surface area (Å²) >= 11 is 0. The predicted molar refractivity (Wildman–Crippen MR) is 161 cm³/mol. The summed E-state index contributed by atoms with van der Waals surface area (Å²) in [4.78, 5) is 30.4. The summed E-state index contributed by atoms with van der Waals surface area (Å²) < 4.78 is 0. The van der Waals surface area contributed by atoms with Crippen molar-refractivity contribution in [2.75, 3.05) is 26.4 Å². The van der Waals surface area contributed by atoms with Gasteiger partial charge in [0.2, 0.25) is 0 Å². The average molecular weight is 593 g/mol. The first-order valence-corrected chi connectivity index (χ1v) is 15.4. The Morgan fingerprint density at radius 1 is 0.463 bits per heavy atom. The molecule has 0 aromatic rings. The Kier molecular flexibility index (Phi) is 36.2. The van der Waals surface area contributed by atoms with Gasteiger partial charge < -0.3 is 35.7 Å². The molecular weight excluding hydrogens is 532 g/mol. The van der Waals surface area contributed by atoms with Crippen LogP contribution in [0.5, 0.6) is 0 Å². The van der Waals surface area contributed by atoms with Gasteiger partial charge in [-0.05, 0) is 44.9 Å². The average Bonchev–Trinajstić information content (AvgIpc) is 2.94. The maximum Gasteiger partial charge on any atom is 0.303 e. The van der Waals surface area contributed by atoms with E-state index < -0.39 is 49.8 Å². The summed E-state index contributed by atoms with van der Waals surface area (Å²) in [7, 11) is 0. The Labute approximate surface area is 247 Å². The van der Waals surface area contributed by atoms with E-state index in [0.29, 0.717) is 19.3 Å². The van der Waals surface area contributed by atoms with Gasteiger partial charge in [-0.25, -0.2) is 0 Å². The van der Waals surface area contributed by atoms with Crippen LogP contribution in [0.4, 0.5) is 0 Å². The lowest BCUT2D eigenvalue weighted by Gasteiger charge is -2.23. The molecule has 244 valence electrons. The minimum Gasteiger partial charge on any atom is -0.481 e. The first kappa shape index (κ1) is 43.4. The molecule has 0 bridgehead atoms. The van der Waals surface area contributed by atoms with E-state index >= 15 is 0 Å². The summed E-state index contributed by atoms with van der Waals surface area (Å²) in [5.41, 5.74) is -1.11. The van der Waals surface area contributed by atoms with E-state index in [2.05, 4.69) is 19.1 Å². The highest BCUT2D eigenvalue weighted by molar-refractivity contribution is 5.67. The summed E-state index contributed by atoms with van der Waals surface area (Å²) in [6.45, 7) is 0.634. The van der Waals surface area contributed by atoms with Gasteiger partial charge in [0.05, 0.1) is 31.8 Å². The first-order chi connectivity index (χ1) is 19.6. The zero-order valence-electron chi connectivity index (χ0n) is 25.5. The molecule has 0 saturated heterocycles. The van der Waals surface area contributed by atoms with Gasteiger partial charge in [-0.3, -0.25) is 14.4 Å². The van der Waals surface area contributed by atoms with Crippen LogP contribution < -0.4 is 0 Å². The summed E-state index contributed by atoms with van der Waals surface area (Å²) in [5.74, 6) is -2.23. The van der Waals surface area contributed by atoms with Gasteiger partial charge in [0, 0.05) is 19.3 Å². The lowest BCUT2D eigenvalue weighted by Crippen LogP contribution is -2.37. The maximum atomic E-state index is 10.3. The molecule has 0 radical (unpaired) electrons. The highest BCUT2D eigenvalue weighted by Gasteiger charge is 2.26. The fourth-order valence-corrected chi connectivity index (χ4v) is 3.55. The number of aliphatic hydroxyl groups excluding tert-OH is 4. The Bertz CT molecular complexity index is 583. The van der Waals surface area contributed by atoms with Crippen molar-refractivity contribution in [3.63, 3.8) is 0 Å². The molecule has 7 N–H and O–H groups in total. The molecule has 0 spiro atoms. The van der Waals surface area contributed by atoms with Gasteiger partial charge in [0.1, 0.15) is 0 Å². The minimum atomic E-state index is -1.11. The molecule has 10 heteroatoms. The number of rotatable bonds is 26. The van der Waals surface area contributed by atoms with Crippen molar-refractivity contribution in [3.05, 3.63) is 12.2 Å². The molecule has 0 aliphatic heterocycles. The zero-order valence-corrected chi connectivity index (χ0v) is 25.5. The van der Waals surface area contributed by atoms with Gasteiger partial charge in [-0.2, -0.15) is 0 Å². The molecule has 10 nitrogen and oxygen atoms in total. The van der Waals surface area contributed by atoms with Crippen LogP contribution in [-0.4, -0.2) is 80.1 Å². The molecule has 0 rings (SSSR count). The van der Waals surface area contributed by atoms with E-state index in [1.54, 1.807) is 0 Å². The van der Waals surface area contributed by atoms with E-state index in [9.17, 15) is 14.4 Å². The van der Waals surface area contributed by atoms with Crippen molar-refractivity contribution in [2.45, 2.75) is 135 Å². The summed E-state index contributed by atoms with van der Waals surface area (Å²) in [6, 6.07) is 0. The van der Waals surface area contributed by atoms with Crippen LogP contribution in [0.1, 0.15) is 135 Å². The molecular formula is C31H60O10. The molecule has 0 atom stereocenters. The lowest BCUT2D eigenvalue weighted by atomic mass is 9.93. The summed E-state index contributed by atoms with van der Waals surface area (Å²) in [6.07, 6.45) is 24.5. The monoisotopic (exact) mass is 592 g/mol. The number of carbonyl (C=O) groups is 3. The van der Waals surface area contributed by atoms with Crippen molar-refractivity contribution in [3.8, 4) is 0 Å². The number of allylic oxidation sites excluding steroid dienone is 2. The molecule has 0 fully saturated rings. The third-order valence-electron chi connectivity index (χ3n) is 6.53. The SMILES string of the molecule is CCCCCCCC/C=C\CCCCCCCC(=O)O.O=C(O)CCCCCCC(=O)O.OCC(CO)(CO)CO. The molecule has 0 aliphatic rings. The van der Waals surface area contributed by atoms with E-state index in [0.717, 1.165) is 25.7 Å². The fraction of sp³-hybridized carbons (Fsp3) is 0.839. The molecule has 41 heavy (non-hydrogen) atoms. The van der Waals surface area contributed by atoms with Crippen LogP contribution in [0.25, 0.3) is 0 Å². The second-order valence-corrected chi connectivity index (χ2v) is 10.6. The van der Waals surface area contributed by atoms with Gasteiger partial charge >= 0.3 is 17.9 Å². The zero-order chi connectivity index (χ0) is 31.6. The molecule has 0 unspecified atom stereocenters. The smallest absolute Gasteiger partial charge is 0.303 e. The van der Waals surface area contributed by atoms with Crippen LogP contribution in [0.2, 0.25) is 0 Å².